The fourth-order valence-electron chi connectivity index (χ4n) is 0.385. The third-order valence-electron chi connectivity index (χ3n) is 0.890. The van der Waals surface area contributed by atoms with Crippen LogP contribution in [0.4, 0.5) is 0 Å². The van der Waals surface area contributed by atoms with Crippen molar-refractivity contribution in [1.29, 1.82) is 5.26 Å². The van der Waals surface area contributed by atoms with Gasteiger partial charge in [0.1, 0.15) is 6.61 Å². The Bertz CT molecular complexity index is 229. The van der Waals surface area contributed by atoms with Gasteiger partial charge < -0.3 is 10.5 Å². The van der Waals surface area contributed by atoms with Gasteiger partial charge in [-0.05, 0) is 0 Å². The molecule has 64 valence electrons. The summed E-state index contributed by atoms with van der Waals surface area (Å²) in [5, 5.41) is 8.31. The van der Waals surface area contributed by atoms with Crippen molar-refractivity contribution in [3.63, 3.8) is 0 Å². The normalized spacial score (nSPS) is 11.9. The molecule has 0 aromatic carbocycles. The van der Waals surface area contributed by atoms with Crippen molar-refractivity contribution in [3.05, 3.63) is 12.7 Å². The lowest BCUT2D eigenvalue weighted by molar-refractivity contribution is -0.118. The van der Waals surface area contributed by atoms with E-state index in [0.29, 0.717) is 0 Å². The first-order valence-corrected chi connectivity index (χ1v) is 3.15. The predicted octanol–water partition coefficient (Wildman–Crippen LogP) is -0.405. The fourth-order valence-corrected chi connectivity index (χ4v) is 0.385. The fraction of sp³-hybridized carbons (Fsp3) is 0.286. The van der Waals surface area contributed by atoms with E-state index < -0.39 is 11.9 Å². The number of nitrogens with two attached hydrogens (primary N) is 1. The zero-order chi connectivity index (χ0) is 9.40. The van der Waals surface area contributed by atoms with Crippen LogP contribution in [0, 0.1) is 11.3 Å². The molecular weight excluding hydrogens is 158 g/mol. The Morgan fingerprint density at radius 2 is 2.58 bits per heavy atom. The Balaban J connectivity index is 3.87. The summed E-state index contributed by atoms with van der Waals surface area (Å²) in [6.07, 6.45) is 2.53. The van der Waals surface area contributed by atoms with Gasteiger partial charge in [0.25, 0.3) is 5.91 Å². The lowest BCUT2D eigenvalue weighted by Crippen LogP contribution is -2.25. The molecule has 1 amide bonds. The standard InChI is InChI=1S/C7H9N3O2/c1-2-3-12-5-10-6(4-8)7(9)11/h2,5-6H,1,3H2,(H2,9,11). The number of carbonyl (C=O) groups excluding carboxylic acids is 1. The second kappa shape index (κ2) is 5.92. The number of amides is 1. The number of ether oxygens (including phenoxy) is 1. The molecular formula is C7H9N3O2. The lowest BCUT2D eigenvalue weighted by Gasteiger charge is -1.96. The summed E-state index contributed by atoms with van der Waals surface area (Å²) in [6.45, 7) is 3.67. The van der Waals surface area contributed by atoms with E-state index in [1.165, 1.54) is 6.08 Å². The predicted molar refractivity (Wildman–Crippen MR) is 43.2 cm³/mol. The summed E-state index contributed by atoms with van der Waals surface area (Å²) < 4.78 is 4.70. The molecule has 1 atom stereocenters. The number of nitrogens with zero attached hydrogens (tertiary/aromatic N) is 2. The van der Waals surface area contributed by atoms with Gasteiger partial charge in [0.15, 0.2) is 6.40 Å². The lowest BCUT2D eigenvalue weighted by atomic mass is 10.3. The Hall–Kier alpha value is -1.83. The Morgan fingerprint density at radius 3 is 3.00 bits per heavy atom. The zero-order valence-electron chi connectivity index (χ0n) is 6.43. The molecule has 1 unspecified atom stereocenters. The van der Waals surface area contributed by atoms with Crippen molar-refractivity contribution in [1.82, 2.24) is 0 Å². The van der Waals surface area contributed by atoms with E-state index in [1.54, 1.807) is 6.07 Å². The first kappa shape index (κ1) is 10.2. The molecule has 0 saturated carbocycles. The molecule has 0 aliphatic heterocycles. The molecule has 0 aromatic heterocycles. The largest absolute Gasteiger partial charge is 0.479 e. The first-order chi connectivity index (χ1) is 5.72. The average molecular weight is 167 g/mol. The molecule has 5 heteroatoms. The van der Waals surface area contributed by atoms with E-state index >= 15 is 0 Å². The molecule has 0 saturated heterocycles. The van der Waals surface area contributed by atoms with E-state index in [-0.39, 0.29) is 6.61 Å². The van der Waals surface area contributed by atoms with Crippen molar-refractivity contribution in [2.75, 3.05) is 6.61 Å². The average Bonchev–Trinajstić information content (AvgIpc) is 2.04. The van der Waals surface area contributed by atoms with Gasteiger partial charge in [0, 0.05) is 0 Å². The van der Waals surface area contributed by atoms with Crippen LogP contribution in [0.15, 0.2) is 17.6 Å². The van der Waals surface area contributed by atoms with Crippen LogP contribution in [0.3, 0.4) is 0 Å². The Labute approximate surface area is 70.1 Å². The van der Waals surface area contributed by atoms with E-state index in [1.807, 2.05) is 0 Å². The van der Waals surface area contributed by atoms with Gasteiger partial charge in [-0.3, -0.25) is 4.79 Å². The van der Waals surface area contributed by atoms with Gasteiger partial charge in [0.05, 0.1) is 6.07 Å². The summed E-state index contributed by atoms with van der Waals surface area (Å²) >= 11 is 0. The van der Waals surface area contributed by atoms with E-state index in [4.69, 9.17) is 15.7 Å². The van der Waals surface area contributed by atoms with Crippen LogP contribution < -0.4 is 5.73 Å². The highest BCUT2D eigenvalue weighted by molar-refractivity contribution is 5.83. The summed E-state index contributed by atoms with van der Waals surface area (Å²) in [5.41, 5.74) is 4.81. The number of carbonyl (C=O) groups is 1. The highest BCUT2D eigenvalue weighted by atomic mass is 16.5. The third-order valence-corrected chi connectivity index (χ3v) is 0.890. The molecule has 0 heterocycles. The number of hydrogen-bond donors (Lipinski definition) is 1. The summed E-state index contributed by atoms with van der Waals surface area (Å²) in [4.78, 5) is 13.9. The molecule has 0 bridgehead atoms. The molecule has 0 aromatic rings. The van der Waals surface area contributed by atoms with Gasteiger partial charge in [-0.25, -0.2) is 4.99 Å². The number of rotatable bonds is 5. The number of primary amides is 1. The van der Waals surface area contributed by atoms with Gasteiger partial charge in [-0.1, -0.05) is 12.7 Å². The molecule has 0 rings (SSSR count). The Morgan fingerprint density at radius 1 is 1.92 bits per heavy atom. The van der Waals surface area contributed by atoms with Crippen molar-refractivity contribution < 1.29 is 9.53 Å². The van der Waals surface area contributed by atoms with Crippen LogP contribution in [-0.2, 0) is 9.53 Å². The minimum absolute atomic E-state index is 0.278. The van der Waals surface area contributed by atoms with Crippen LogP contribution in [0.25, 0.3) is 0 Å². The minimum Gasteiger partial charge on any atom is -0.479 e. The third kappa shape index (κ3) is 4.06. The molecule has 0 radical (unpaired) electrons. The maximum atomic E-state index is 10.4. The molecule has 0 aliphatic carbocycles. The van der Waals surface area contributed by atoms with Crippen LogP contribution in [0.2, 0.25) is 0 Å². The molecule has 5 nitrogen and oxygen atoms in total. The smallest absolute Gasteiger partial charge is 0.257 e. The molecule has 0 fully saturated rings. The van der Waals surface area contributed by atoms with Crippen LogP contribution in [0.5, 0.6) is 0 Å². The molecule has 0 aliphatic rings. The maximum absolute atomic E-state index is 10.4. The first-order valence-electron chi connectivity index (χ1n) is 3.15. The van der Waals surface area contributed by atoms with E-state index in [0.717, 1.165) is 6.40 Å². The summed E-state index contributed by atoms with van der Waals surface area (Å²) in [6, 6.07) is 0.429. The van der Waals surface area contributed by atoms with Gasteiger partial charge >= 0.3 is 0 Å². The van der Waals surface area contributed by atoms with Gasteiger partial charge in [-0.2, -0.15) is 5.26 Å². The quantitative estimate of drug-likeness (QED) is 0.261. The van der Waals surface area contributed by atoms with Crippen LogP contribution in [0.1, 0.15) is 0 Å². The maximum Gasteiger partial charge on any atom is 0.257 e. The van der Waals surface area contributed by atoms with Crippen molar-refractivity contribution in [3.8, 4) is 6.07 Å². The highest BCUT2D eigenvalue weighted by Gasteiger charge is 2.09. The van der Waals surface area contributed by atoms with Gasteiger partial charge in [-0.15, -0.1) is 0 Å². The van der Waals surface area contributed by atoms with E-state index in [2.05, 4.69) is 11.6 Å². The van der Waals surface area contributed by atoms with Crippen LogP contribution in [-0.4, -0.2) is 25.0 Å². The van der Waals surface area contributed by atoms with Gasteiger partial charge in [0.2, 0.25) is 6.04 Å². The molecule has 0 spiro atoms. The summed E-state index contributed by atoms with van der Waals surface area (Å²) in [5.74, 6) is -0.795. The number of nitriles is 1. The number of hydrogen-bond acceptors (Lipinski definition) is 4. The second-order valence-corrected chi connectivity index (χ2v) is 1.81. The highest BCUT2D eigenvalue weighted by Crippen LogP contribution is 1.85. The van der Waals surface area contributed by atoms with Crippen LogP contribution >= 0.6 is 0 Å². The number of aliphatic imine (C=N–C) groups is 1. The second-order valence-electron chi connectivity index (χ2n) is 1.81. The minimum atomic E-state index is -1.17. The van der Waals surface area contributed by atoms with Crippen molar-refractivity contribution >= 4 is 12.3 Å². The zero-order valence-corrected chi connectivity index (χ0v) is 6.43. The topological polar surface area (TPSA) is 88.5 Å². The Kier molecular flexibility index (Phi) is 5.02. The summed E-state index contributed by atoms with van der Waals surface area (Å²) in [7, 11) is 0. The molecule has 2 N–H and O–H groups in total. The monoisotopic (exact) mass is 167 g/mol. The van der Waals surface area contributed by atoms with Crippen molar-refractivity contribution in [2.24, 2.45) is 10.7 Å². The van der Waals surface area contributed by atoms with E-state index in [9.17, 15) is 4.79 Å². The molecule has 12 heavy (non-hydrogen) atoms. The SMILES string of the molecule is C=CCOC=NC(C#N)C(N)=O. The van der Waals surface area contributed by atoms with Crippen molar-refractivity contribution in [2.45, 2.75) is 6.04 Å².